The minimum absolute atomic E-state index is 0.112. The highest BCUT2D eigenvalue weighted by atomic mass is 35.5. The van der Waals surface area contributed by atoms with Crippen LogP contribution in [0.2, 0.25) is 10.0 Å². The van der Waals surface area contributed by atoms with Gasteiger partial charge in [-0.1, -0.05) is 23.2 Å². The van der Waals surface area contributed by atoms with E-state index >= 15 is 0 Å². The van der Waals surface area contributed by atoms with Crippen LogP contribution in [0, 0.1) is 17.1 Å². The van der Waals surface area contributed by atoms with Crippen molar-refractivity contribution in [2.24, 2.45) is 0 Å². The number of fused-ring (bicyclic) bond motifs is 1. The van der Waals surface area contributed by atoms with E-state index in [4.69, 9.17) is 28.5 Å². The molecule has 0 atom stereocenters. The maximum atomic E-state index is 13.0. The Morgan fingerprint density at radius 2 is 1.81 bits per heavy atom. The summed E-state index contributed by atoms with van der Waals surface area (Å²) < 4.78 is 14.8. The quantitative estimate of drug-likeness (QED) is 0.688. The minimum atomic E-state index is -0.326. The average Bonchev–Trinajstić information content (AvgIpc) is 2.79. The number of nitrogens with zero attached hydrogens (tertiary/aromatic N) is 3. The van der Waals surface area contributed by atoms with E-state index in [0.29, 0.717) is 26.9 Å². The van der Waals surface area contributed by atoms with Crippen molar-refractivity contribution in [2.75, 3.05) is 0 Å². The molecule has 0 aliphatic heterocycles. The van der Waals surface area contributed by atoms with E-state index in [1.165, 1.54) is 12.1 Å². The minimum Gasteiger partial charge on any atom is -0.310 e. The lowest BCUT2D eigenvalue weighted by Gasteiger charge is -2.05. The molecule has 0 amide bonds. The van der Waals surface area contributed by atoms with Gasteiger partial charge in [0.1, 0.15) is 18.2 Å². The Kier molecular flexibility index (Phi) is 3.54. The van der Waals surface area contributed by atoms with Crippen LogP contribution in [-0.4, -0.2) is 9.55 Å². The van der Waals surface area contributed by atoms with Gasteiger partial charge in [0.2, 0.25) is 0 Å². The van der Waals surface area contributed by atoms with Gasteiger partial charge in [-0.15, -0.1) is 0 Å². The van der Waals surface area contributed by atoms with Gasteiger partial charge >= 0.3 is 0 Å². The summed E-state index contributed by atoms with van der Waals surface area (Å²) in [7, 11) is 0. The van der Waals surface area contributed by atoms with Gasteiger partial charge in [0.05, 0.1) is 27.1 Å². The van der Waals surface area contributed by atoms with Crippen molar-refractivity contribution < 1.29 is 4.39 Å². The first kappa shape index (κ1) is 13.9. The van der Waals surface area contributed by atoms with E-state index in [0.717, 1.165) is 5.56 Å². The van der Waals surface area contributed by atoms with Crippen LogP contribution in [-0.2, 0) is 6.54 Å². The SMILES string of the molecule is N#CCn1c(-c2ccc(F)cc2)nc2cc(Cl)c(Cl)cc21. The number of benzene rings is 2. The predicted octanol–water partition coefficient (Wildman–Crippen LogP) is 4.67. The maximum Gasteiger partial charge on any atom is 0.142 e. The monoisotopic (exact) mass is 319 g/mol. The number of rotatable bonds is 2. The first-order valence-electron chi connectivity index (χ1n) is 6.08. The van der Waals surface area contributed by atoms with Crippen molar-refractivity contribution in [3.05, 3.63) is 52.3 Å². The molecule has 0 unspecified atom stereocenters. The standard InChI is InChI=1S/C15H8Cl2FN3/c16-11-7-13-14(8-12(11)17)21(6-5-19)15(20-13)9-1-3-10(18)4-2-9/h1-4,7-8H,6H2. The smallest absolute Gasteiger partial charge is 0.142 e. The van der Waals surface area contributed by atoms with Gasteiger partial charge in [-0.2, -0.15) is 5.26 Å². The molecular formula is C15H8Cl2FN3. The molecule has 0 aliphatic rings. The van der Waals surface area contributed by atoms with Crippen molar-refractivity contribution >= 4 is 34.2 Å². The van der Waals surface area contributed by atoms with Crippen molar-refractivity contribution in [3.63, 3.8) is 0 Å². The molecule has 104 valence electrons. The molecule has 0 saturated heterocycles. The molecule has 0 spiro atoms. The van der Waals surface area contributed by atoms with Crippen LogP contribution in [0.3, 0.4) is 0 Å². The summed E-state index contributed by atoms with van der Waals surface area (Å²) in [5.74, 6) is 0.248. The third kappa shape index (κ3) is 2.46. The lowest BCUT2D eigenvalue weighted by atomic mass is 10.2. The van der Waals surface area contributed by atoms with Gasteiger partial charge in [-0.3, -0.25) is 0 Å². The van der Waals surface area contributed by atoms with Gasteiger partial charge in [0.15, 0.2) is 0 Å². The van der Waals surface area contributed by atoms with Crippen molar-refractivity contribution in [3.8, 4) is 17.5 Å². The van der Waals surface area contributed by atoms with E-state index in [2.05, 4.69) is 11.1 Å². The maximum absolute atomic E-state index is 13.0. The molecule has 0 N–H and O–H groups in total. The first-order valence-corrected chi connectivity index (χ1v) is 6.84. The zero-order valence-electron chi connectivity index (χ0n) is 10.6. The second-order valence-corrected chi connectivity index (χ2v) is 5.26. The van der Waals surface area contributed by atoms with Crippen LogP contribution < -0.4 is 0 Å². The molecule has 1 aromatic heterocycles. The van der Waals surface area contributed by atoms with Crippen LogP contribution in [0.5, 0.6) is 0 Å². The molecule has 3 nitrogen and oxygen atoms in total. The van der Waals surface area contributed by atoms with E-state index in [1.54, 1.807) is 28.8 Å². The van der Waals surface area contributed by atoms with Gasteiger partial charge in [0.25, 0.3) is 0 Å². The Balaban J connectivity index is 2.29. The zero-order chi connectivity index (χ0) is 15.0. The fourth-order valence-electron chi connectivity index (χ4n) is 2.17. The summed E-state index contributed by atoms with van der Waals surface area (Å²) in [6.07, 6.45) is 0. The third-order valence-corrected chi connectivity index (χ3v) is 3.84. The van der Waals surface area contributed by atoms with Crippen LogP contribution in [0.25, 0.3) is 22.4 Å². The highest BCUT2D eigenvalue weighted by Gasteiger charge is 2.14. The third-order valence-electron chi connectivity index (χ3n) is 3.12. The molecule has 21 heavy (non-hydrogen) atoms. The molecule has 3 rings (SSSR count). The number of halogens is 3. The molecule has 0 radical (unpaired) electrons. The molecule has 2 aromatic carbocycles. The Bertz CT molecular complexity index is 863. The van der Waals surface area contributed by atoms with Gasteiger partial charge in [-0.25, -0.2) is 9.37 Å². The van der Waals surface area contributed by atoms with Crippen molar-refractivity contribution in [2.45, 2.75) is 6.54 Å². The highest BCUT2D eigenvalue weighted by Crippen LogP contribution is 2.31. The lowest BCUT2D eigenvalue weighted by Crippen LogP contribution is -1.98. The molecule has 0 saturated carbocycles. The van der Waals surface area contributed by atoms with Crippen molar-refractivity contribution in [1.82, 2.24) is 9.55 Å². The summed E-state index contributed by atoms with van der Waals surface area (Å²) >= 11 is 12.0. The van der Waals surface area contributed by atoms with Crippen LogP contribution in [0.1, 0.15) is 0 Å². The summed E-state index contributed by atoms with van der Waals surface area (Å²) in [4.78, 5) is 4.48. The molecule has 0 aliphatic carbocycles. The van der Waals surface area contributed by atoms with E-state index in [1.807, 2.05) is 0 Å². The normalized spacial score (nSPS) is 10.8. The Hall–Kier alpha value is -2.09. The second kappa shape index (κ2) is 5.36. The number of hydrogen-bond donors (Lipinski definition) is 0. The Labute approximate surface area is 130 Å². The summed E-state index contributed by atoms with van der Waals surface area (Å²) in [6, 6.07) is 11.4. The first-order chi connectivity index (χ1) is 10.1. The molecule has 1 heterocycles. The van der Waals surface area contributed by atoms with E-state index in [9.17, 15) is 4.39 Å². The second-order valence-electron chi connectivity index (χ2n) is 4.44. The van der Waals surface area contributed by atoms with Crippen molar-refractivity contribution in [1.29, 1.82) is 5.26 Å². The van der Waals surface area contributed by atoms with Gasteiger partial charge in [-0.05, 0) is 36.4 Å². The highest BCUT2D eigenvalue weighted by molar-refractivity contribution is 6.42. The average molecular weight is 320 g/mol. The summed E-state index contributed by atoms with van der Waals surface area (Å²) in [5, 5.41) is 9.82. The zero-order valence-corrected chi connectivity index (χ0v) is 12.2. The van der Waals surface area contributed by atoms with Crippen LogP contribution in [0.4, 0.5) is 4.39 Å². The number of nitriles is 1. The fourth-order valence-corrected chi connectivity index (χ4v) is 2.49. The molecule has 6 heteroatoms. The number of aromatic nitrogens is 2. The van der Waals surface area contributed by atoms with E-state index < -0.39 is 0 Å². The van der Waals surface area contributed by atoms with Gasteiger partial charge < -0.3 is 4.57 Å². The Morgan fingerprint density at radius 1 is 1.14 bits per heavy atom. The fraction of sp³-hybridized carbons (Fsp3) is 0.0667. The molecule has 0 fully saturated rings. The topological polar surface area (TPSA) is 41.6 Å². The molecule has 3 aromatic rings. The predicted molar refractivity (Wildman–Crippen MR) is 80.8 cm³/mol. The molecular weight excluding hydrogens is 312 g/mol. The van der Waals surface area contributed by atoms with Gasteiger partial charge in [0, 0.05) is 5.56 Å². The van der Waals surface area contributed by atoms with E-state index in [-0.39, 0.29) is 12.4 Å². The largest absolute Gasteiger partial charge is 0.310 e. The summed E-state index contributed by atoms with van der Waals surface area (Å²) in [6.45, 7) is 0.112. The lowest BCUT2D eigenvalue weighted by molar-refractivity contribution is 0.628. The van der Waals surface area contributed by atoms with Crippen LogP contribution >= 0.6 is 23.2 Å². The number of imidazole rings is 1. The summed E-state index contributed by atoms with van der Waals surface area (Å²) in [5.41, 5.74) is 2.07. The number of hydrogen-bond acceptors (Lipinski definition) is 2. The van der Waals surface area contributed by atoms with Crippen LogP contribution in [0.15, 0.2) is 36.4 Å². The Morgan fingerprint density at radius 3 is 2.48 bits per heavy atom. The molecule has 0 bridgehead atoms.